The molecule has 6 aromatic rings. The van der Waals surface area contributed by atoms with Gasteiger partial charge in [0.05, 0.1) is 0 Å². The second-order valence-electron chi connectivity index (χ2n) is 13.8. The first-order valence-corrected chi connectivity index (χ1v) is 19.2. The van der Waals surface area contributed by atoms with Crippen molar-refractivity contribution >= 4 is 35.4 Å². The lowest BCUT2D eigenvalue weighted by atomic mass is 9.91. The highest BCUT2D eigenvalue weighted by Gasteiger charge is 2.11. The summed E-state index contributed by atoms with van der Waals surface area (Å²) in [6.45, 7) is 8.99. The number of allylic oxidation sites excluding steroid dienone is 5. The SMILES string of the molecule is CCC/C(=C\C(=C/CC(C)c1ccccc1)c1cccc(-c2cccc(-c3ccc(S)c(/C(C)=C/c4ccccc4CC)c3)c2)c1)c1ccccc1. The van der Waals surface area contributed by atoms with Crippen LogP contribution in [0.5, 0.6) is 0 Å². The molecule has 0 aliphatic heterocycles. The molecule has 1 atom stereocenters. The Morgan fingerprint density at radius 1 is 0.635 bits per heavy atom. The van der Waals surface area contributed by atoms with Crippen molar-refractivity contribution in [2.75, 3.05) is 0 Å². The fourth-order valence-electron chi connectivity index (χ4n) is 6.99. The van der Waals surface area contributed by atoms with E-state index in [1.165, 1.54) is 66.8 Å². The Labute approximate surface area is 317 Å². The predicted octanol–water partition coefficient (Wildman–Crippen LogP) is 14.9. The van der Waals surface area contributed by atoms with Crippen LogP contribution in [0.2, 0.25) is 0 Å². The van der Waals surface area contributed by atoms with Crippen molar-refractivity contribution in [2.24, 2.45) is 0 Å². The molecular weight excluding hydrogens is 645 g/mol. The average molecular weight is 695 g/mol. The van der Waals surface area contributed by atoms with Crippen molar-refractivity contribution in [3.05, 3.63) is 197 Å². The fourth-order valence-corrected chi connectivity index (χ4v) is 7.30. The Morgan fingerprint density at radius 3 is 1.96 bits per heavy atom. The van der Waals surface area contributed by atoms with Crippen molar-refractivity contribution in [2.45, 2.75) is 64.2 Å². The second kappa shape index (κ2) is 17.9. The summed E-state index contributed by atoms with van der Waals surface area (Å²) in [4.78, 5) is 0.988. The lowest BCUT2D eigenvalue weighted by Gasteiger charge is -2.14. The molecule has 1 heteroatoms. The molecule has 0 nitrogen and oxygen atoms in total. The van der Waals surface area contributed by atoms with Gasteiger partial charge in [-0.2, -0.15) is 0 Å². The Kier molecular flexibility index (Phi) is 12.6. The van der Waals surface area contributed by atoms with E-state index in [9.17, 15) is 0 Å². The van der Waals surface area contributed by atoms with Crippen LogP contribution in [0.25, 0.3) is 45.0 Å². The smallest absolute Gasteiger partial charge is 0.0116 e. The van der Waals surface area contributed by atoms with Crippen LogP contribution in [0.4, 0.5) is 0 Å². The van der Waals surface area contributed by atoms with Gasteiger partial charge in [-0.3, -0.25) is 0 Å². The molecule has 6 rings (SSSR count). The maximum atomic E-state index is 4.88. The maximum Gasteiger partial charge on any atom is 0.0116 e. The van der Waals surface area contributed by atoms with Gasteiger partial charge in [-0.15, -0.1) is 12.6 Å². The molecule has 260 valence electrons. The molecule has 0 saturated carbocycles. The summed E-state index contributed by atoms with van der Waals surface area (Å²) in [6, 6.07) is 55.0. The van der Waals surface area contributed by atoms with Crippen molar-refractivity contribution in [1.29, 1.82) is 0 Å². The minimum Gasteiger partial charge on any atom is -0.143 e. The Morgan fingerprint density at radius 2 is 1.25 bits per heavy atom. The van der Waals surface area contributed by atoms with E-state index in [-0.39, 0.29) is 0 Å². The lowest BCUT2D eigenvalue weighted by Crippen LogP contribution is -1.93. The third kappa shape index (κ3) is 9.21. The van der Waals surface area contributed by atoms with E-state index in [1.807, 2.05) is 0 Å². The molecule has 52 heavy (non-hydrogen) atoms. The van der Waals surface area contributed by atoms with Crippen molar-refractivity contribution in [1.82, 2.24) is 0 Å². The van der Waals surface area contributed by atoms with E-state index < -0.39 is 0 Å². The first-order valence-electron chi connectivity index (χ1n) is 18.8. The molecule has 0 spiro atoms. The van der Waals surface area contributed by atoms with Crippen LogP contribution in [0, 0.1) is 0 Å². The normalized spacial score (nSPS) is 12.9. The molecular formula is C51H50S. The van der Waals surface area contributed by atoms with Crippen LogP contribution in [0.1, 0.15) is 86.3 Å². The molecule has 6 aromatic carbocycles. The van der Waals surface area contributed by atoms with Crippen LogP contribution in [0.3, 0.4) is 0 Å². The first kappa shape index (κ1) is 36.7. The van der Waals surface area contributed by atoms with E-state index in [0.29, 0.717) is 5.92 Å². The third-order valence-corrected chi connectivity index (χ3v) is 10.4. The number of benzene rings is 6. The Bertz CT molecular complexity index is 2180. The topological polar surface area (TPSA) is 0 Å². The summed E-state index contributed by atoms with van der Waals surface area (Å²) in [5, 5.41) is 0. The molecule has 1 unspecified atom stereocenters. The van der Waals surface area contributed by atoms with Crippen LogP contribution in [-0.2, 0) is 6.42 Å². The van der Waals surface area contributed by atoms with Gasteiger partial charge in [0.25, 0.3) is 0 Å². The molecule has 0 aliphatic carbocycles. The molecule has 0 radical (unpaired) electrons. The van der Waals surface area contributed by atoms with Crippen LogP contribution < -0.4 is 0 Å². The van der Waals surface area contributed by atoms with E-state index in [4.69, 9.17) is 12.6 Å². The zero-order valence-corrected chi connectivity index (χ0v) is 31.9. The van der Waals surface area contributed by atoms with Gasteiger partial charge < -0.3 is 0 Å². The quantitative estimate of drug-likeness (QED) is 0.0694. The summed E-state index contributed by atoms with van der Waals surface area (Å²) in [5.74, 6) is 0.421. The molecule has 0 bridgehead atoms. The van der Waals surface area contributed by atoms with E-state index in [1.54, 1.807) is 0 Å². The standard InChI is InChI=1S/C51H50S/c1-5-17-42(41-21-11-8-12-22-41)33-48(29-28-37(3)40-19-9-7-10-20-40)46-26-15-24-44(34-46)45-25-16-27-47(35-45)49-30-31-51(52)50(36-49)38(4)32-43-23-14-13-18-39(43)6-2/h7-16,18-27,29-37,52H,5-6,17,28H2,1-4H3/b38-32+,42-33+,48-29+. The lowest BCUT2D eigenvalue weighted by molar-refractivity contribution is 0.782. The molecule has 0 saturated heterocycles. The van der Waals surface area contributed by atoms with Gasteiger partial charge in [-0.1, -0.05) is 173 Å². The number of hydrogen-bond acceptors (Lipinski definition) is 1. The van der Waals surface area contributed by atoms with Crippen molar-refractivity contribution in [3.8, 4) is 22.3 Å². The largest absolute Gasteiger partial charge is 0.143 e. The zero-order valence-electron chi connectivity index (χ0n) is 31.0. The number of thiol groups is 1. The second-order valence-corrected chi connectivity index (χ2v) is 14.2. The summed E-state index contributed by atoms with van der Waals surface area (Å²) in [5.41, 5.74) is 16.3. The van der Waals surface area contributed by atoms with Crippen LogP contribution >= 0.6 is 12.6 Å². The van der Waals surface area contributed by atoms with Gasteiger partial charge in [0, 0.05) is 4.90 Å². The zero-order chi connectivity index (χ0) is 36.3. The number of aryl methyl sites for hydroxylation is 1. The van der Waals surface area contributed by atoms with Crippen molar-refractivity contribution in [3.63, 3.8) is 0 Å². The minimum atomic E-state index is 0.421. The fraction of sp³-hybridized carbons (Fsp3) is 0.176. The van der Waals surface area contributed by atoms with Crippen molar-refractivity contribution < 1.29 is 0 Å². The van der Waals surface area contributed by atoms with Crippen LogP contribution in [-0.4, -0.2) is 0 Å². The monoisotopic (exact) mass is 694 g/mol. The predicted molar refractivity (Wildman–Crippen MR) is 231 cm³/mol. The molecule has 0 heterocycles. The maximum absolute atomic E-state index is 4.88. The highest BCUT2D eigenvalue weighted by Crippen LogP contribution is 2.34. The van der Waals surface area contributed by atoms with Gasteiger partial charge in [-0.25, -0.2) is 0 Å². The van der Waals surface area contributed by atoms with Crippen LogP contribution in [0.15, 0.2) is 169 Å². The molecule has 0 aliphatic rings. The molecule has 0 aromatic heterocycles. The molecule has 0 amide bonds. The molecule has 0 fully saturated rings. The van der Waals surface area contributed by atoms with Gasteiger partial charge in [0.1, 0.15) is 0 Å². The van der Waals surface area contributed by atoms with Gasteiger partial charge in [0.15, 0.2) is 0 Å². The Balaban J connectivity index is 1.36. The third-order valence-electron chi connectivity index (χ3n) is 10.0. The number of hydrogen-bond donors (Lipinski definition) is 1. The summed E-state index contributed by atoms with van der Waals surface area (Å²) >= 11 is 4.88. The summed E-state index contributed by atoms with van der Waals surface area (Å²) in [7, 11) is 0. The van der Waals surface area contributed by atoms with E-state index in [2.05, 4.69) is 198 Å². The molecule has 0 N–H and O–H groups in total. The minimum absolute atomic E-state index is 0.421. The highest BCUT2D eigenvalue weighted by atomic mass is 32.1. The number of rotatable bonds is 13. The Hall–Kier alpha value is -5.11. The van der Waals surface area contributed by atoms with Gasteiger partial charge >= 0.3 is 0 Å². The summed E-state index contributed by atoms with van der Waals surface area (Å²) < 4.78 is 0. The average Bonchev–Trinajstić information content (AvgIpc) is 3.20. The van der Waals surface area contributed by atoms with E-state index >= 15 is 0 Å². The van der Waals surface area contributed by atoms with E-state index in [0.717, 1.165) is 36.1 Å². The first-order chi connectivity index (χ1) is 25.4. The highest BCUT2D eigenvalue weighted by molar-refractivity contribution is 7.80. The van der Waals surface area contributed by atoms with Gasteiger partial charge in [-0.05, 0) is 129 Å². The van der Waals surface area contributed by atoms with Gasteiger partial charge in [0.2, 0.25) is 0 Å². The summed E-state index contributed by atoms with van der Waals surface area (Å²) in [6.07, 6.45) is 11.3.